The molecule has 4 aromatic rings. The summed E-state index contributed by atoms with van der Waals surface area (Å²) in [5.74, 6) is 0.0984. The molecular formula is C25H25F3N8O. The minimum atomic E-state index is -4.64. The zero-order valence-electron chi connectivity index (χ0n) is 20.1. The van der Waals surface area contributed by atoms with E-state index >= 15 is 0 Å². The number of hydrogen-bond donors (Lipinski definition) is 1. The monoisotopic (exact) mass is 510 g/mol. The van der Waals surface area contributed by atoms with Gasteiger partial charge in [0.1, 0.15) is 11.1 Å². The van der Waals surface area contributed by atoms with Crippen LogP contribution in [-0.4, -0.2) is 62.4 Å². The Balaban J connectivity index is 1.50. The molecule has 1 aliphatic rings. The third kappa shape index (κ3) is 4.92. The number of nitrogens with zero attached hydrogens (tertiary/aromatic N) is 7. The maximum atomic E-state index is 13.3. The molecule has 0 saturated carbocycles. The minimum Gasteiger partial charge on any atom is -0.369 e. The van der Waals surface area contributed by atoms with Gasteiger partial charge in [0.25, 0.3) is 5.56 Å². The lowest BCUT2D eigenvalue weighted by Gasteiger charge is -2.34. The van der Waals surface area contributed by atoms with Crippen molar-refractivity contribution in [1.29, 1.82) is 0 Å². The van der Waals surface area contributed by atoms with Crippen molar-refractivity contribution in [2.45, 2.75) is 12.7 Å². The van der Waals surface area contributed by atoms with E-state index < -0.39 is 17.4 Å². The SMILES string of the molecule is C=CCn1c(=O)c2cnc(Nc3ccc(N4CCN(C)CC4)cc3)nc2n1-c1cccc(C(F)(F)F)n1. The second-order valence-electron chi connectivity index (χ2n) is 8.76. The van der Waals surface area contributed by atoms with Crippen molar-refractivity contribution in [1.82, 2.24) is 29.2 Å². The van der Waals surface area contributed by atoms with Crippen molar-refractivity contribution in [3.63, 3.8) is 0 Å². The summed E-state index contributed by atoms with van der Waals surface area (Å²) < 4.78 is 42.5. The number of rotatable bonds is 6. The van der Waals surface area contributed by atoms with Crippen LogP contribution in [0.5, 0.6) is 0 Å². The Morgan fingerprint density at radius 2 is 1.78 bits per heavy atom. The number of pyridine rings is 1. The highest BCUT2D eigenvalue weighted by Crippen LogP contribution is 2.28. The van der Waals surface area contributed by atoms with Gasteiger partial charge in [0.2, 0.25) is 5.95 Å². The molecule has 0 bridgehead atoms. The smallest absolute Gasteiger partial charge is 0.369 e. The zero-order valence-corrected chi connectivity index (χ0v) is 20.1. The quantitative estimate of drug-likeness (QED) is 0.396. The highest BCUT2D eigenvalue weighted by atomic mass is 19.4. The first kappa shape index (κ1) is 24.5. The van der Waals surface area contributed by atoms with Crippen LogP contribution in [0.1, 0.15) is 5.69 Å². The third-order valence-corrected chi connectivity index (χ3v) is 6.21. The lowest BCUT2D eigenvalue weighted by atomic mass is 10.2. The molecule has 0 unspecified atom stereocenters. The Bertz CT molecular complexity index is 1480. The molecule has 4 heterocycles. The van der Waals surface area contributed by atoms with Gasteiger partial charge in [-0.2, -0.15) is 18.2 Å². The Morgan fingerprint density at radius 3 is 2.46 bits per heavy atom. The Hall–Kier alpha value is -4.19. The van der Waals surface area contributed by atoms with Crippen LogP contribution in [0.25, 0.3) is 16.9 Å². The summed E-state index contributed by atoms with van der Waals surface area (Å²) in [7, 11) is 2.11. The number of benzene rings is 1. The highest BCUT2D eigenvalue weighted by molar-refractivity contribution is 5.77. The molecule has 12 heteroatoms. The first-order valence-corrected chi connectivity index (χ1v) is 11.7. The molecule has 5 rings (SSSR count). The number of piperazine rings is 1. The summed E-state index contributed by atoms with van der Waals surface area (Å²) in [4.78, 5) is 30.1. The van der Waals surface area contributed by atoms with Crippen molar-refractivity contribution in [2.24, 2.45) is 0 Å². The van der Waals surface area contributed by atoms with Gasteiger partial charge in [-0.05, 0) is 43.4 Å². The topological polar surface area (TPSA) is 84.1 Å². The highest BCUT2D eigenvalue weighted by Gasteiger charge is 2.33. The molecular weight excluding hydrogens is 485 g/mol. The van der Waals surface area contributed by atoms with E-state index in [9.17, 15) is 18.0 Å². The maximum Gasteiger partial charge on any atom is 0.433 e. The van der Waals surface area contributed by atoms with Crippen LogP contribution in [0.15, 0.2) is 66.1 Å². The Morgan fingerprint density at radius 1 is 1.05 bits per heavy atom. The molecule has 1 fully saturated rings. The molecule has 192 valence electrons. The first-order chi connectivity index (χ1) is 17.7. The van der Waals surface area contributed by atoms with Crippen molar-refractivity contribution >= 4 is 28.4 Å². The molecule has 9 nitrogen and oxygen atoms in total. The molecule has 0 amide bonds. The van der Waals surface area contributed by atoms with Gasteiger partial charge in [0.05, 0.1) is 6.54 Å². The summed E-state index contributed by atoms with van der Waals surface area (Å²) in [5, 5.41) is 3.26. The number of fused-ring (bicyclic) bond motifs is 1. The Kier molecular flexibility index (Phi) is 6.42. The van der Waals surface area contributed by atoms with Crippen LogP contribution >= 0.6 is 0 Å². The molecule has 37 heavy (non-hydrogen) atoms. The van der Waals surface area contributed by atoms with Gasteiger partial charge in [-0.15, -0.1) is 6.58 Å². The molecule has 3 aromatic heterocycles. The molecule has 0 atom stereocenters. The molecule has 1 aromatic carbocycles. The van der Waals surface area contributed by atoms with Gasteiger partial charge in [0, 0.05) is 43.8 Å². The fraction of sp³-hybridized carbons (Fsp3) is 0.280. The average Bonchev–Trinajstić information content (AvgIpc) is 3.15. The number of allylic oxidation sites excluding steroid dienone is 1. The predicted molar refractivity (Wildman–Crippen MR) is 136 cm³/mol. The average molecular weight is 511 g/mol. The Labute approximate surface area is 210 Å². The van der Waals surface area contributed by atoms with Crippen molar-refractivity contribution < 1.29 is 13.2 Å². The van der Waals surface area contributed by atoms with Crippen molar-refractivity contribution in [2.75, 3.05) is 43.4 Å². The molecule has 0 spiro atoms. The van der Waals surface area contributed by atoms with E-state index in [0.717, 1.165) is 43.6 Å². The fourth-order valence-electron chi connectivity index (χ4n) is 4.26. The van der Waals surface area contributed by atoms with Crippen LogP contribution in [0.4, 0.5) is 30.5 Å². The number of hydrogen-bond acceptors (Lipinski definition) is 7. The summed E-state index contributed by atoms with van der Waals surface area (Å²) in [6, 6.07) is 11.3. The molecule has 1 aliphatic heterocycles. The van der Waals surface area contributed by atoms with Crippen LogP contribution in [0.3, 0.4) is 0 Å². The van der Waals surface area contributed by atoms with Crippen LogP contribution in [0, 0.1) is 0 Å². The van der Waals surface area contributed by atoms with Gasteiger partial charge < -0.3 is 15.1 Å². The van der Waals surface area contributed by atoms with E-state index in [1.54, 1.807) is 0 Å². The predicted octanol–water partition coefficient (Wildman–Crippen LogP) is 3.68. The van der Waals surface area contributed by atoms with Gasteiger partial charge in [-0.1, -0.05) is 12.1 Å². The van der Waals surface area contributed by atoms with Crippen LogP contribution < -0.4 is 15.8 Å². The summed E-state index contributed by atoms with van der Waals surface area (Å²) >= 11 is 0. The van der Waals surface area contributed by atoms with E-state index in [-0.39, 0.29) is 29.3 Å². The second kappa shape index (κ2) is 9.69. The van der Waals surface area contributed by atoms with E-state index in [0.29, 0.717) is 0 Å². The molecule has 0 aliphatic carbocycles. The first-order valence-electron chi connectivity index (χ1n) is 11.7. The minimum absolute atomic E-state index is 0.0453. The lowest BCUT2D eigenvalue weighted by molar-refractivity contribution is -0.141. The number of anilines is 3. The normalized spacial score (nSPS) is 14.8. The third-order valence-electron chi connectivity index (χ3n) is 6.21. The van der Waals surface area contributed by atoms with E-state index in [1.165, 1.54) is 33.8 Å². The van der Waals surface area contributed by atoms with E-state index in [2.05, 4.69) is 43.7 Å². The zero-order chi connectivity index (χ0) is 26.2. The number of nitrogens with one attached hydrogen (secondary N) is 1. The van der Waals surface area contributed by atoms with Gasteiger partial charge >= 0.3 is 6.18 Å². The summed E-state index contributed by atoms with van der Waals surface area (Å²) in [6.07, 6.45) is -1.81. The number of halogens is 3. The van der Waals surface area contributed by atoms with Gasteiger partial charge in [0.15, 0.2) is 11.5 Å². The van der Waals surface area contributed by atoms with E-state index in [1.807, 2.05) is 24.3 Å². The number of likely N-dealkylation sites (N-methyl/N-ethyl adjacent to an activating group) is 1. The fourth-order valence-corrected chi connectivity index (χ4v) is 4.26. The van der Waals surface area contributed by atoms with Gasteiger partial charge in [-0.25, -0.2) is 19.3 Å². The summed E-state index contributed by atoms with van der Waals surface area (Å²) in [5.41, 5.74) is 0.439. The lowest BCUT2D eigenvalue weighted by Crippen LogP contribution is -2.44. The van der Waals surface area contributed by atoms with E-state index in [4.69, 9.17) is 0 Å². The van der Waals surface area contributed by atoms with Crippen LogP contribution in [-0.2, 0) is 12.7 Å². The van der Waals surface area contributed by atoms with Crippen molar-refractivity contribution in [3.05, 3.63) is 77.4 Å². The summed E-state index contributed by atoms with van der Waals surface area (Å²) in [6.45, 7) is 7.60. The molecule has 1 N–H and O–H groups in total. The second-order valence-corrected chi connectivity index (χ2v) is 8.76. The van der Waals surface area contributed by atoms with Crippen molar-refractivity contribution in [3.8, 4) is 5.82 Å². The standard InChI is InChI=1S/C25H25F3N8O/c1-3-11-35-23(37)19-16-29-24(30-17-7-9-18(10-8-17)34-14-12-33(2)13-15-34)32-22(19)36(35)21-6-4-5-20(31-21)25(26,27)28/h3-10,16H,1,11-15H2,2H3,(H,29,30,32). The number of alkyl halides is 3. The van der Waals surface area contributed by atoms with Gasteiger partial charge in [-0.3, -0.25) is 4.79 Å². The van der Waals surface area contributed by atoms with Crippen LogP contribution in [0.2, 0.25) is 0 Å². The molecule has 0 radical (unpaired) electrons. The number of aromatic nitrogens is 5. The molecule has 1 saturated heterocycles. The largest absolute Gasteiger partial charge is 0.433 e. The maximum absolute atomic E-state index is 13.3.